The van der Waals surface area contributed by atoms with Gasteiger partial charge in [0.1, 0.15) is 0 Å². The molecule has 0 spiro atoms. The van der Waals surface area contributed by atoms with Gasteiger partial charge in [0.05, 0.1) is 0 Å². The topological polar surface area (TPSA) is 72.7 Å². The second-order valence-corrected chi connectivity index (χ2v) is 4.58. The predicted octanol–water partition coefficient (Wildman–Crippen LogP) is 1.99. The SMILES string of the molecule is CCCC(CCO)CNCc1cccc(O)c1O. The maximum absolute atomic E-state index is 9.64. The summed E-state index contributed by atoms with van der Waals surface area (Å²) in [5.41, 5.74) is 0.689. The summed E-state index contributed by atoms with van der Waals surface area (Å²) >= 11 is 0. The first-order valence-corrected chi connectivity index (χ1v) is 6.50. The molecule has 4 nitrogen and oxygen atoms in total. The highest BCUT2D eigenvalue weighted by Gasteiger charge is 2.08. The third-order valence-electron chi connectivity index (χ3n) is 3.08. The number of phenolic OH excluding ortho intramolecular Hbond substituents is 2. The van der Waals surface area contributed by atoms with E-state index >= 15 is 0 Å². The van der Waals surface area contributed by atoms with Crippen LogP contribution >= 0.6 is 0 Å². The van der Waals surface area contributed by atoms with E-state index in [0.717, 1.165) is 25.8 Å². The number of phenols is 2. The van der Waals surface area contributed by atoms with E-state index in [1.165, 1.54) is 6.07 Å². The molecule has 18 heavy (non-hydrogen) atoms. The van der Waals surface area contributed by atoms with Crippen molar-refractivity contribution in [3.63, 3.8) is 0 Å². The molecule has 0 bridgehead atoms. The van der Waals surface area contributed by atoms with Gasteiger partial charge in [0.2, 0.25) is 0 Å². The minimum atomic E-state index is -0.0882. The first-order valence-electron chi connectivity index (χ1n) is 6.50. The van der Waals surface area contributed by atoms with Crippen LogP contribution in [0.3, 0.4) is 0 Å². The lowest BCUT2D eigenvalue weighted by Gasteiger charge is -2.16. The molecule has 0 aliphatic rings. The lowest BCUT2D eigenvalue weighted by atomic mass is 10.00. The minimum Gasteiger partial charge on any atom is -0.504 e. The molecule has 0 aliphatic carbocycles. The average Bonchev–Trinajstić information content (AvgIpc) is 2.35. The molecule has 1 unspecified atom stereocenters. The summed E-state index contributed by atoms with van der Waals surface area (Å²) < 4.78 is 0. The van der Waals surface area contributed by atoms with Crippen molar-refractivity contribution in [2.75, 3.05) is 13.2 Å². The van der Waals surface area contributed by atoms with E-state index < -0.39 is 0 Å². The van der Waals surface area contributed by atoms with Gasteiger partial charge in [-0.05, 0) is 31.4 Å². The monoisotopic (exact) mass is 253 g/mol. The molecule has 0 aliphatic heterocycles. The Morgan fingerprint density at radius 3 is 2.67 bits per heavy atom. The molecule has 4 N–H and O–H groups in total. The Bertz CT molecular complexity index is 349. The van der Waals surface area contributed by atoms with Crippen LogP contribution in [0.25, 0.3) is 0 Å². The van der Waals surface area contributed by atoms with Crippen LogP contribution in [0.5, 0.6) is 11.5 Å². The number of hydrogen-bond donors (Lipinski definition) is 4. The molecule has 102 valence electrons. The van der Waals surface area contributed by atoms with Crippen LogP contribution in [0.1, 0.15) is 31.7 Å². The van der Waals surface area contributed by atoms with Crippen LogP contribution in [0.4, 0.5) is 0 Å². The zero-order valence-corrected chi connectivity index (χ0v) is 10.9. The largest absolute Gasteiger partial charge is 0.504 e. The molecule has 1 rings (SSSR count). The van der Waals surface area contributed by atoms with Gasteiger partial charge in [-0.2, -0.15) is 0 Å². The van der Waals surface area contributed by atoms with Gasteiger partial charge in [-0.3, -0.25) is 0 Å². The van der Waals surface area contributed by atoms with Crippen LogP contribution in [-0.2, 0) is 6.54 Å². The van der Waals surface area contributed by atoms with E-state index in [-0.39, 0.29) is 18.1 Å². The van der Waals surface area contributed by atoms with Crippen molar-refractivity contribution in [3.8, 4) is 11.5 Å². The van der Waals surface area contributed by atoms with Gasteiger partial charge in [-0.15, -0.1) is 0 Å². The maximum Gasteiger partial charge on any atom is 0.161 e. The predicted molar refractivity (Wildman–Crippen MR) is 71.6 cm³/mol. The summed E-state index contributed by atoms with van der Waals surface area (Å²) in [6.45, 7) is 3.67. The fourth-order valence-corrected chi connectivity index (χ4v) is 2.07. The number of aromatic hydroxyl groups is 2. The van der Waals surface area contributed by atoms with Gasteiger partial charge >= 0.3 is 0 Å². The average molecular weight is 253 g/mol. The summed E-state index contributed by atoms with van der Waals surface area (Å²) in [4.78, 5) is 0. The number of benzene rings is 1. The van der Waals surface area contributed by atoms with E-state index in [0.29, 0.717) is 18.0 Å². The maximum atomic E-state index is 9.64. The molecule has 1 atom stereocenters. The molecule has 0 saturated carbocycles. The summed E-state index contributed by atoms with van der Waals surface area (Å²) in [5, 5.41) is 31.2. The van der Waals surface area contributed by atoms with E-state index in [4.69, 9.17) is 5.11 Å². The summed E-state index contributed by atoms with van der Waals surface area (Å²) in [6, 6.07) is 4.96. The molecule has 0 fully saturated rings. The fourth-order valence-electron chi connectivity index (χ4n) is 2.07. The Morgan fingerprint density at radius 1 is 1.22 bits per heavy atom. The van der Waals surface area contributed by atoms with Crippen molar-refractivity contribution in [3.05, 3.63) is 23.8 Å². The minimum absolute atomic E-state index is 0.0563. The second-order valence-electron chi connectivity index (χ2n) is 4.58. The molecule has 1 aromatic carbocycles. The molecular formula is C14H23NO3. The number of para-hydroxylation sites is 1. The van der Waals surface area contributed by atoms with E-state index in [1.54, 1.807) is 12.1 Å². The number of hydrogen-bond acceptors (Lipinski definition) is 4. The van der Waals surface area contributed by atoms with Gasteiger partial charge in [0, 0.05) is 18.7 Å². The molecule has 0 amide bonds. The number of aliphatic hydroxyl groups excluding tert-OH is 1. The fraction of sp³-hybridized carbons (Fsp3) is 0.571. The van der Waals surface area contributed by atoms with Crippen molar-refractivity contribution in [1.29, 1.82) is 0 Å². The first-order chi connectivity index (χ1) is 8.69. The highest BCUT2D eigenvalue weighted by atomic mass is 16.3. The lowest BCUT2D eigenvalue weighted by Crippen LogP contribution is -2.23. The van der Waals surface area contributed by atoms with E-state index in [2.05, 4.69) is 12.2 Å². The standard InChI is InChI=1S/C14H23NO3/c1-2-4-11(7-8-16)9-15-10-12-5-3-6-13(17)14(12)18/h3,5-6,11,15-18H,2,4,7-10H2,1H3. The first kappa shape index (κ1) is 14.8. The Kier molecular flexibility index (Phi) is 6.54. The van der Waals surface area contributed by atoms with Gasteiger partial charge in [-0.25, -0.2) is 0 Å². The summed E-state index contributed by atoms with van der Waals surface area (Å²) in [5.74, 6) is 0.313. The summed E-state index contributed by atoms with van der Waals surface area (Å²) in [7, 11) is 0. The van der Waals surface area contributed by atoms with Crippen LogP contribution in [0, 0.1) is 5.92 Å². The number of aliphatic hydroxyl groups is 1. The van der Waals surface area contributed by atoms with E-state index in [9.17, 15) is 10.2 Å². The van der Waals surface area contributed by atoms with Gasteiger partial charge in [0.15, 0.2) is 11.5 Å². The summed E-state index contributed by atoms with van der Waals surface area (Å²) in [6.07, 6.45) is 2.98. The third-order valence-corrected chi connectivity index (χ3v) is 3.08. The van der Waals surface area contributed by atoms with Gasteiger partial charge in [-0.1, -0.05) is 25.5 Å². The molecular weight excluding hydrogens is 230 g/mol. The van der Waals surface area contributed by atoms with Crippen LogP contribution in [0.15, 0.2) is 18.2 Å². The Morgan fingerprint density at radius 2 is 2.00 bits per heavy atom. The zero-order valence-electron chi connectivity index (χ0n) is 10.9. The van der Waals surface area contributed by atoms with Crippen molar-refractivity contribution in [1.82, 2.24) is 5.32 Å². The molecule has 0 heterocycles. The quantitative estimate of drug-likeness (QED) is 0.535. The molecule has 1 aromatic rings. The lowest BCUT2D eigenvalue weighted by molar-refractivity contribution is 0.248. The molecule has 0 radical (unpaired) electrons. The Labute approximate surface area is 108 Å². The van der Waals surface area contributed by atoms with Gasteiger partial charge in [0.25, 0.3) is 0 Å². The van der Waals surface area contributed by atoms with Crippen molar-refractivity contribution < 1.29 is 15.3 Å². The Balaban J connectivity index is 2.42. The van der Waals surface area contributed by atoms with Gasteiger partial charge < -0.3 is 20.6 Å². The number of nitrogens with one attached hydrogen (secondary N) is 1. The van der Waals surface area contributed by atoms with Crippen molar-refractivity contribution in [2.24, 2.45) is 5.92 Å². The molecule has 0 aromatic heterocycles. The van der Waals surface area contributed by atoms with Crippen molar-refractivity contribution in [2.45, 2.75) is 32.7 Å². The normalized spacial score (nSPS) is 12.6. The highest BCUT2D eigenvalue weighted by Crippen LogP contribution is 2.27. The van der Waals surface area contributed by atoms with Crippen LogP contribution in [-0.4, -0.2) is 28.5 Å². The van der Waals surface area contributed by atoms with Crippen molar-refractivity contribution >= 4 is 0 Å². The highest BCUT2D eigenvalue weighted by molar-refractivity contribution is 5.44. The Hall–Kier alpha value is -1.26. The van der Waals surface area contributed by atoms with Crippen LogP contribution < -0.4 is 5.32 Å². The smallest absolute Gasteiger partial charge is 0.161 e. The van der Waals surface area contributed by atoms with E-state index in [1.807, 2.05) is 0 Å². The molecule has 4 heteroatoms. The second kappa shape index (κ2) is 7.95. The molecule has 0 saturated heterocycles. The van der Waals surface area contributed by atoms with Crippen LogP contribution in [0.2, 0.25) is 0 Å². The zero-order chi connectivity index (χ0) is 13.4. The third kappa shape index (κ3) is 4.55. The number of rotatable bonds is 8.